The number of hydrogen-bond donors (Lipinski definition) is 3. The van der Waals surface area contributed by atoms with Crippen molar-refractivity contribution in [2.45, 2.75) is 24.8 Å². The van der Waals surface area contributed by atoms with Crippen molar-refractivity contribution in [3.05, 3.63) is 89.5 Å². The number of aliphatic hydroxyl groups is 1. The zero-order valence-electron chi connectivity index (χ0n) is 18.8. The van der Waals surface area contributed by atoms with Gasteiger partial charge in [0.2, 0.25) is 6.41 Å². The van der Waals surface area contributed by atoms with E-state index in [1.807, 2.05) is 48.5 Å². The van der Waals surface area contributed by atoms with Crippen LogP contribution in [0, 0.1) is 0 Å². The first-order valence-electron chi connectivity index (χ1n) is 10.4. The molecule has 0 aliphatic heterocycles. The first-order valence-corrected chi connectivity index (χ1v) is 11.8. The molecule has 2 atom stereocenters. The van der Waals surface area contributed by atoms with Gasteiger partial charge < -0.3 is 23.9 Å². The third-order valence-corrected chi connectivity index (χ3v) is 5.98. The van der Waals surface area contributed by atoms with E-state index in [1.54, 1.807) is 0 Å². The fourth-order valence-corrected chi connectivity index (χ4v) is 4.45. The Labute approximate surface area is 225 Å². The van der Waals surface area contributed by atoms with Crippen molar-refractivity contribution in [2.75, 3.05) is 6.61 Å². The molecule has 1 unspecified atom stereocenters. The number of rotatable bonds is 10. The smallest absolute Gasteiger partial charge is 0.548 e. The minimum Gasteiger partial charge on any atom is -0.548 e. The fraction of sp³-hybridized carbons (Fsp3) is 0.208. The molecule has 0 saturated carbocycles. The summed E-state index contributed by atoms with van der Waals surface area (Å²) >= 11 is 0. The van der Waals surface area contributed by atoms with Gasteiger partial charge in [-0.15, -0.1) is 0 Å². The van der Waals surface area contributed by atoms with Gasteiger partial charge in [-0.1, -0.05) is 60.7 Å². The fourth-order valence-electron chi connectivity index (χ4n) is 4.10. The molecule has 4 rings (SSSR count). The van der Waals surface area contributed by atoms with Gasteiger partial charge >= 0.3 is 40.0 Å². The predicted octanol–water partition coefficient (Wildman–Crippen LogP) is -1.77. The van der Waals surface area contributed by atoms with Crippen LogP contribution in [0.3, 0.4) is 0 Å². The van der Waals surface area contributed by atoms with E-state index in [2.05, 4.69) is 9.50 Å². The monoisotopic (exact) mass is 507 g/mol. The summed E-state index contributed by atoms with van der Waals surface area (Å²) in [6.45, 7) is 0.129. The Morgan fingerprint density at radius 3 is 2.03 bits per heavy atom. The maximum Gasteiger partial charge on any atom is 1.00 e. The third-order valence-electron chi connectivity index (χ3n) is 5.58. The molecular formula is C24H22NNaO8S. The summed E-state index contributed by atoms with van der Waals surface area (Å²) < 4.78 is 40.1. The summed E-state index contributed by atoms with van der Waals surface area (Å²) in [5.41, 5.74) is 4.83. The number of carbonyl (C=O) groups is 1. The molecular weight excluding hydrogens is 485 g/mol. The Morgan fingerprint density at radius 2 is 1.51 bits per heavy atom. The summed E-state index contributed by atoms with van der Waals surface area (Å²) in [4.78, 5) is 11.6. The standard InChI is InChI=1S/C24H23NO8S.Na/c26-23(27)22(13-15-9-11-16(12-10-15)33-34(29,30)31)25-24(28)32-14-21-19-7-3-1-5-17(19)18-6-2-4-8-20(18)21;/h1-12,21-22,24-25,28H,13-14H2,(H,26,27)(H,29,30,31);/q;+1/p-1/t22-,24?;/m0./s1. The van der Waals surface area contributed by atoms with Crippen LogP contribution in [0.4, 0.5) is 0 Å². The number of aliphatic hydroxyl groups excluding tert-OH is 1. The second-order valence-corrected chi connectivity index (χ2v) is 8.83. The molecule has 0 bridgehead atoms. The number of carbonyl (C=O) groups excluding carboxylic acids is 1. The van der Waals surface area contributed by atoms with Gasteiger partial charge in [-0.2, -0.15) is 8.42 Å². The van der Waals surface area contributed by atoms with E-state index < -0.39 is 28.8 Å². The van der Waals surface area contributed by atoms with Crippen molar-refractivity contribution in [3.8, 4) is 16.9 Å². The molecule has 35 heavy (non-hydrogen) atoms. The van der Waals surface area contributed by atoms with E-state index in [9.17, 15) is 23.4 Å². The summed E-state index contributed by atoms with van der Waals surface area (Å²) in [5.74, 6) is -1.69. The number of carboxylic acids is 1. The van der Waals surface area contributed by atoms with Crippen molar-refractivity contribution < 1.29 is 66.5 Å². The molecule has 178 valence electrons. The van der Waals surface area contributed by atoms with Gasteiger partial charge in [0, 0.05) is 5.92 Å². The average Bonchev–Trinajstić information content (AvgIpc) is 3.11. The second-order valence-electron chi connectivity index (χ2n) is 7.81. The number of nitrogens with one attached hydrogen (secondary N) is 1. The van der Waals surface area contributed by atoms with Crippen molar-refractivity contribution in [2.24, 2.45) is 0 Å². The van der Waals surface area contributed by atoms with Crippen molar-refractivity contribution >= 4 is 16.4 Å². The first kappa shape index (κ1) is 27.3. The van der Waals surface area contributed by atoms with Gasteiger partial charge in [0.1, 0.15) is 5.75 Å². The molecule has 11 heteroatoms. The SMILES string of the molecule is O=C([O-])[C@H](Cc1ccc(OS(=O)(=O)O)cc1)NC(O)OCC1c2ccccc2-c2ccccc21.[Na+]. The summed E-state index contributed by atoms with van der Waals surface area (Å²) in [7, 11) is -4.66. The molecule has 0 amide bonds. The largest absolute Gasteiger partial charge is 1.00 e. The average molecular weight is 507 g/mol. The van der Waals surface area contributed by atoms with Crippen LogP contribution in [0.5, 0.6) is 5.75 Å². The van der Waals surface area contributed by atoms with Gasteiger partial charge in [-0.3, -0.25) is 9.87 Å². The molecule has 3 aromatic carbocycles. The van der Waals surface area contributed by atoms with Crippen LogP contribution in [-0.4, -0.2) is 43.1 Å². The quantitative estimate of drug-likeness (QED) is 0.165. The predicted molar refractivity (Wildman–Crippen MR) is 120 cm³/mol. The van der Waals surface area contributed by atoms with Crippen LogP contribution >= 0.6 is 0 Å². The van der Waals surface area contributed by atoms with Crippen LogP contribution < -0.4 is 44.2 Å². The minimum atomic E-state index is -4.66. The van der Waals surface area contributed by atoms with Crippen LogP contribution in [0.25, 0.3) is 11.1 Å². The first-order chi connectivity index (χ1) is 16.2. The zero-order chi connectivity index (χ0) is 24.3. The Morgan fingerprint density at radius 1 is 0.971 bits per heavy atom. The van der Waals surface area contributed by atoms with Crippen molar-refractivity contribution in [1.29, 1.82) is 0 Å². The Kier molecular flexibility index (Phi) is 9.08. The Bertz CT molecular complexity index is 1240. The molecule has 0 heterocycles. The molecule has 1 aliphatic carbocycles. The van der Waals surface area contributed by atoms with Crippen molar-refractivity contribution in [3.63, 3.8) is 0 Å². The molecule has 0 saturated heterocycles. The van der Waals surface area contributed by atoms with Crippen LogP contribution in [-0.2, 0) is 26.4 Å². The maximum atomic E-state index is 11.6. The zero-order valence-corrected chi connectivity index (χ0v) is 21.6. The van der Waals surface area contributed by atoms with Gasteiger partial charge in [-0.25, -0.2) is 0 Å². The summed E-state index contributed by atoms with van der Waals surface area (Å²) in [6, 6.07) is 19.9. The molecule has 0 spiro atoms. The van der Waals surface area contributed by atoms with Gasteiger partial charge in [0.15, 0.2) is 0 Å². The van der Waals surface area contributed by atoms with E-state index in [0.717, 1.165) is 22.3 Å². The van der Waals surface area contributed by atoms with Crippen LogP contribution in [0.2, 0.25) is 0 Å². The Hall–Kier alpha value is -2.28. The molecule has 3 aromatic rings. The van der Waals surface area contributed by atoms with Gasteiger partial charge in [-0.05, 0) is 46.4 Å². The Balaban J connectivity index is 0.00000342. The van der Waals surface area contributed by atoms with E-state index in [0.29, 0.717) is 5.56 Å². The van der Waals surface area contributed by atoms with E-state index in [1.165, 1.54) is 24.3 Å². The normalized spacial score (nSPS) is 14.3. The van der Waals surface area contributed by atoms with Gasteiger partial charge in [0.05, 0.1) is 18.6 Å². The number of carboxylic acid groups (broad SMARTS) is 1. The number of benzene rings is 3. The molecule has 3 N–H and O–H groups in total. The van der Waals surface area contributed by atoms with Crippen LogP contribution in [0.15, 0.2) is 72.8 Å². The van der Waals surface area contributed by atoms with Crippen molar-refractivity contribution in [1.82, 2.24) is 5.32 Å². The summed E-state index contributed by atoms with van der Waals surface area (Å²) in [5, 5.41) is 24.4. The maximum absolute atomic E-state index is 11.6. The number of aliphatic carboxylic acids is 1. The van der Waals surface area contributed by atoms with Gasteiger partial charge in [0.25, 0.3) is 0 Å². The molecule has 0 aromatic heterocycles. The number of fused-ring (bicyclic) bond motifs is 3. The third kappa shape index (κ3) is 6.90. The number of ether oxygens (including phenoxy) is 1. The molecule has 9 nitrogen and oxygen atoms in total. The number of hydrogen-bond acceptors (Lipinski definition) is 8. The molecule has 0 radical (unpaired) electrons. The van der Waals surface area contributed by atoms with E-state index >= 15 is 0 Å². The topological polar surface area (TPSA) is 145 Å². The van der Waals surface area contributed by atoms with E-state index in [-0.39, 0.29) is 54.3 Å². The summed E-state index contributed by atoms with van der Waals surface area (Å²) in [6.07, 6.45) is -1.64. The molecule has 0 fully saturated rings. The second kappa shape index (κ2) is 11.6. The molecule has 1 aliphatic rings. The van der Waals surface area contributed by atoms with E-state index in [4.69, 9.17) is 9.29 Å². The van der Waals surface area contributed by atoms with Crippen LogP contribution in [0.1, 0.15) is 22.6 Å². The minimum absolute atomic E-state index is 0.